The Balaban J connectivity index is 0.000000181. The molecule has 0 radical (unpaired) electrons. The van der Waals surface area contributed by atoms with Gasteiger partial charge in [0.2, 0.25) is 20.0 Å². The van der Waals surface area contributed by atoms with E-state index in [9.17, 15) is 21.2 Å². The fraction of sp³-hybridized carbons (Fsp3) is 0.250. The summed E-state index contributed by atoms with van der Waals surface area (Å²) in [5.41, 5.74) is 5.88. The summed E-state index contributed by atoms with van der Waals surface area (Å²) in [6.07, 6.45) is 0. The van der Waals surface area contributed by atoms with Crippen molar-refractivity contribution in [3.63, 3.8) is 0 Å². The van der Waals surface area contributed by atoms with Crippen molar-refractivity contribution >= 4 is 111 Å². The van der Waals surface area contributed by atoms with E-state index in [2.05, 4.69) is 47.3 Å². The Morgan fingerprint density at radius 2 is 0.983 bits per heavy atom. The fourth-order valence-electron chi connectivity index (χ4n) is 6.75. The minimum atomic E-state index is -3.74. The zero-order valence-electron chi connectivity index (χ0n) is 32.0. The van der Waals surface area contributed by atoms with Gasteiger partial charge in [-0.2, -0.15) is 8.61 Å². The number of aromatic nitrogens is 2. The molecule has 8 rings (SSSR count). The quantitative estimate of drug-likeness (QED) is 0.148. The molecule has 2 aromatic heterocycles. The van der Waals surface area contributed by atoms with E-state index in [1.54, 1.807) is 41.7 Å². The van der Waals surface area contributed by atoms with Crippen LogP contribution in [0.5, 0.6) is 0 Å². The van der Waals surface area contributed by atoms with E-state index >= 15 is 0 Å². The second kappa shape index (κ2) is 18.7. The highest BCUT2D eigenvalue weighted by molar-refractivity contribution is 7.89. The number of benzene rings is 4. The first-order valence-electron chi connectivity index (χ1n) is 18.4. The van der Waals surface area contributed by atoms with Crippen LogP contribution < -0.4 is 9.80 Å². The van der Waals surface area contributed by atoms with Crippen molar-refractivity contribution in [1.82, 2.24) is 18.6 Å². The maximum atomic E-state index is 13.4. The van der Waals surface area contributed by atoms with Gasteiger partial charge in [0.05, 0.1) is 36.5 Å². The molecule has 2 saturated heterocycles. The molecule has 0 spiro atoms. The van der Waals surface area contributed by atoms with Gasteiger partial charge in [0.1, 0.15) is 15.6 Å². The van der Waals surface area contributed by atoms with Gasteiger partial charge in [-0.15, -0.1) is 22.7 Å². The molecule has 0 unspecified atom stereocenters. The van der Waals surface area contributed by atoms with Crippen LogP contribution in [0, 0.1) is 19.7 Å². The van der Waals surface area contributed by atoms with E-state index in [1.807, 2.05) is 10.3 Å². The number of hydrogen-bond donors (Lipinski definition) is 0. The number of thiazole rings is 2. The first-order chi connectivity index (χ1) is 28.5. The first kappa shape index (κ1) is 45.0. The van der Waals surface area contributed by atoms with E-state index in [4.69, 9.17) is 63.0 Å². The summed E-state index contributed by atoms with van der Waals surface area (Å²) < 4.78 is 68.2. The van der Waals surface area contributed by atoms with Crippen LogP contribution in [0.3, 0.4) is 0 Å². The molecule has 316 valence electrons. The Morgan fingerprint density at radius 1 is 0.550 bits per heavy atom. The van der Waals surface area contributed by atoms with Crippen LogP contribution in [-0.2, 0) is 20.0 Å². The number of aryl methyl sites for hydroxylation is 2. The van der Waals surface area contributed by atoms with Gasteiger partial charge >= 0.3 is 0 Å². The highest BCUT2D eigenvalue weighted by Gasteiger charge is 2.33. The molecule has 0 aliphatic carbocycles. The molecular weight excluding hydrogens is 953 g/mol. The van der Waals surface area contributed by atoms with E-state index in [1.165, 1.54) is 55.3 Å². The lowest BCUT2D eigenvalue weighted by molar-refractivity contribution is 0.384. The molecule has 2 aliphatic rings. The number of sulfonamides is 2. The minimum absolute atomic E-state index is 0.00911. The van der Waals surface area contributed by atoms with Gasteiger partial charge in [-0.3, -0.25) is 0 Å². The van der Waals surface area contributed by atoms with Crippen molar-refractivity contribution in [3.05, 3.63) is 126 Å². The molecule has 4 aromatic carbocycles. The molecule has 0 N–H and O–H groups in total. The van der Waals surface area contributed by atoms with Gasteiger partial charge in [-0.1, -0.05) is 87.3 Å². The fourth-order valence-corrected chi connectivity index (χ4v) is 13.0. The summed E-state index contributed by atoms with van der Waals surface area (Å²) in [5.74, 6) is -0.479. The normalized spacial score (nSPS) is 15.5. The van der Waals surface area contributed by atoms with Gasteiger partial charge in [-0.05, 0) is 68.4 Å². The Kier molecular flexibility index (Phi) is 14.0. The second-order valence-corrected chi connectivity index (χ2v) is 21.4. The molecule has 0 amide bonds. The average Bonchev–Trinajstić information content (AvgIpc) is 3.93. The molecule has 20 heteroatoms. The minimum Gasteiger partial charge on any atom is -0.345 e. The van der Waals surface area contributed by atoms with Gasteiger partial charge < -0.3 is 9.80 Å². The van der Waals surface area contributed by atoms with E-state index < -0.39 is 25.9 Å². The molecule has 60 heavy (non-hydrogen) atoms. The third kappa shape index (κ3) is 9.77. The Morgan fingerprint density at radius 3 is 1.42 bits per heavy atom. The lowest BCUT2D eigenvalue weighted by Crippen LogP contribution is -2.48. The maximum absolute atomic E-state index is 13.4. The van der Waals surface area contributed by atoms with E-state index in [0.29, 0.717) is 58.1 Å². The zero-order chi connectivity index (χ0) is 42.9. The van der Waals surface area contributed by atoms with E-state index in [-0.39, 0.29) is 34.9 Å². The van der Waals surface area contributed by atoms with Crippen LogP contribution in [-0.4, -0.2) is 87.8 Å². The Hall–Kier alpha value is -3.06. The van der Waals surface area contributed by atoms with E-state index in [0.717, 1.165) is 27.1 Å². The number of hydrogen-bond acceptors (Lipinski definition) is 10. The monoisotopic (exact) mass is 986 g/mol. The Bertz CT molecular complexity index is 2740. The molecule has 2 aliphatic heterocycles. The van der Waals surface area contributed by atoms with Crippen molar-refractivity contribution in [3.8, 4) is 22.5 Å². The maximum Gasteiger partial charge on any atom is 0.244 e. The van der Waals surface area contributed by atoms with Gasteiger partial charge in [-0.25, -0.2) is 31.2 Å². The van der Waals surface area contributed by atoms with Crippen molar-refractivity contribution in [2.24, 2.45) is 0 Å². The molecule has 0 atom stereocenters. The van der Waals surface area contributed by atoms with Gasteiger partial charge in [0.15, 0.2) is 10.3 Å². The third-order valence-corrected chi connectivity index (χ3v) is 17.6. The SMILES string of the molecule is Cc1cc(C)cc(-c2csc(N3CCN(S(=O)(=O)c4cccc(Cl)c4Cl)CC3)n2)c1.O=S(=O)(c1cccc(Cl)c1Cl)N1CCN(c2nc(-c3ccc(F)c(Cl)c3)cs2)CC1. The van der Waals surface area contributed by atoms with Crippen LogP contribution in [0.15, 0.2) is 93.3 Å². The van der Waals surface area contributed by atoms with Crippen molar-refractivity contribution in [1.29, 1.82) is 0 Å². The largest absolute Gasteiger partial charge is 0.345 e. The van der Waals surface area contributed by atoms with Crippen molar-refractivity contribution in [2.75, 3.05) is 62.2 Å². The molecule has 0 bridgehead atoms. The van der Waals surface area contributed by atoms with Gasteiger partial charge in [0.25, 0.3) is 0 Å². The average molecular weight is 989 g/mol. The summed E-state index contributed by atoms with van der Waals surface area (Å²) in [6, 6.07) is 20.1. The predicted octanol–water partition coefficient (Wildman–Crippen LogP) is 10.7. The molecule has 4 heterocycles. The standard InChI is InChI=1S/C21H21Cl2N3O2S2.C19H15Cl3FN3O2S2/c1-14-10-15(2)12-16(11-14)18-13-29-21(24-18)25-6-8-26(9-7-25)30(27,28)19-5-3-4-17(22)20(19)23;20-13-2-1-3-17(18(13)22)30(27,28)26-8-6-25(7-9-26)19-24-16(11-29-19)12-4-5-15(23)14(21)10-12/h3-5,10-13H,6-9H2,1-2H3;1-5,10-11H,6-9H2. The molecule has 0 saturated carbocycles. The van der Waals surface area contributed by atoms with Gasteiger partial charge in [0, 0.05) is 74.2 Å². The smallest absolute Gasteiger partial charge is 0.244 e. The highest BCUT2D eigenvalue weighted by atomic mass is 35.5. The molecule has 2 fully saturated rings. The number of piperazine rings is 2. The summed E-state index contributed by atoms with van der Waals surface area (Å²) in [5, 5.41) is 6.17. The number of halogens is 6. The second-order valence-electron chi connectivity index (χ2n) is 13.9. The van der Waals surface area contributed by atoms with Crippen molar-refractivity contribution < 1.29 is 21.2 Å². The summed E-state index contributed by atoms with van der Waals surface area (Å²) in [4.78, 5) is 13.6. The van der Waals surface area contributed by atoms with Crippen LogP contribution in [0.25, 0.3) is 22.5 Å². The summed E-state index contributed by atoms with van der Waals surface area (Å²) >= 11 is 33.1. The van der Waals surface area contributed by atoms with Crippen LogP contribution in [0.1, 0.15) is 11.1 Å². The molecule has 6 aromatic rings. The summed E-state index contributed by atoms with van der Waals surface area (Å²) in [7, 11) is -7.44. The number of anilines is 2. The molecular formula is C40H36Cl5FN6O4S4. The highest BCUT2D eigenvalue weighted by Crippen LogP contribution is 2.35. The van der Waals surface area contributed by atoms with Crippen LogP contribution >= 0.6 is 80.7 Å². The zero-order valence-corrected chi connectivity index (χ0v) is 39.0. The van der Waals surface area contributed by atoms with Crippen molar-refractivity contribution in [2.45, 2.75) is 23.6 Å². The number of nitrogens with zero attached hydrogens (tertiary/aromatic N) is 6. The number of rotatable bonds is 8. The topological polar surface area (TPSA) is 107 Å². The summed E-state index contributed by atoms with van der Waals surface area (Å²) in [6.45, 7) is 7.57. The third-order valence-electron chi connectivity index (χ3n) is 9.80. The van der Waals surface area contributed by atoms with Crippen LogP contribution in [0.2, 0.25) is 25.1 Å². The Labute approximate surface area is 381 Å². The molecule has 10 nitrogen and oxygen atoms in total. The lowest BCUT2D eigenvalue weighted by Gasteiger charge is -2.34. The predicted molar refractivity (Wildman–Crippen MR) is 244 cm³/mol. The van der Waals surface area contributed by atoms with Crippen LogP contribution in [0.4, 0.5) is 14.7 Å². The first-order valence-corrected chi connectivity index (χ1v) is 24.9. The lowest BCUT2D eigenvalue weighted by atomic mass is 10.1.